The van der Waals surface area contributed by atoms with E-state index in [0.717, 1.165) is 11.1 Å². The van der Waals surface area contributed by atoms with Crippen LogP contribution in [0.4, 0.5) is 0 Å². The van der Waals surface area contributed by atoms with Gasteiger partial charge >= 0.3 is 11.9 Å². The van der Waals surface area contributed by atoms with Gasteiger partial charge in [-0.05, 0) is 47.7 Å². The maximum Gasteiger partial charge on any atom is 0.341 e. The minimum absolute atomic E-state index is 0.0864. The van der Waals surface area contributed by atoms with E-state index in [1.165, 1.54) is 30.1 Å². The number of carbonyl (C=O) groups excluding carboxylic acids is 1. The number of ether oxygens (including phenoxy) is 3. The molecule has 9 nitrogen and oxygen atoms in total. The number of aromatic nitrogens is 1. The van der Waals surface area contributed by atoms with Crippen LogP contribution in [0.3, 0.4) is 0 Å². The van der Waals surface area contributed by atoms with Gasteiger partial charge in [-0.3, -0.25) is 9.36 Å². The van der Waals surface area contributed by atoms with Gasteiger partial charge in [0.15, 0.2) is 22.9 Å². The predicted octanol–water partition coefficient (Wildman–Crippen LogP) is 3.66. The smallest absolute Gasteiger partial charge is 0.341 e. The van der Waals surface area contributed by atoms with Crippen LogP contribution >= 0.6 is 22.9 Å². The van der Waals surface area contributed by atoms with Crippen molar-refractivity contribution in [2.24, 2.45) is 4.99 Å². The fraction of sp³-hybridized carbons (Fsp3) is 0.286. The lowest BCUT2D eigenvalue weighted by Gasteiger charge is -2.24. The Morgan fingerprint density at radius 1 is 1.21 bits per heavy atom. The average molecular weight is 571 g/mol. The predicted molar refractivity (Wildman–Crippen MR) is 147 cm³/mol. The van der Waals surface area contributed by atoms with Crippen LogP contribution in [0.25, 0.3) is 6.08 Å². The molecule has 0 bridgehead atoms. The van der Waals surface area contributed by atoms with E-state index in [4.69, 9.17) is 30.9 Å². The van der Waals surface area contributed by atoms with Crippen LogP contribution < -0.4 is 24.4 Å². The maximum absolute atomic E-state index is 13.8. The molecule has 39 heavy (non-hydrogen) atoms. The van der Waals surface area contributed by atoms with Gasteiger partial charge in [0.05, 0.1) is 41.1 Å². The number of esters is 1. The minimum atomic E-state index is -1.16. The normalized spacial score (nSPS) is 15.2. The molecule has 0 aliphatic carbocycles. The van der Waals surface area contributed by atoms with Crippen molar-refractivity contribution >= 4 is 41.0 Å². The van der Waals surface area contributed by atoms with Crippen LogP contribution in [0, 0.1) is 0 Å². The van der Waals surface area contributed by atoms with Gasteiger partial charge in [0.25, 0.3) is 5.56 Å². The molecule has 0 fully saturated rings. The summed E-state index contributed by atoms with van der Waals surface area (Å²) in [6.07, 6.45) is 1.63. The van der Waals surface area contributed by atoms with Crippen molar-refractivity contribution in [1.82, 2.24) is 4.57 Å². The Morgan fingerprint density at radius 2 is 1.90 bits per heavy atom. The molecule has 1 aliphatic rings. The Labute approximate surface area is 233 Å². The van der Waals surface area contributed by atoms with Gasteiger partial charge in [0, 0.05) is 0 Å². The number of nitrogens with zero attached hydrogens (tertiary/aromatic N) is 2. The number of allylic oxidation sites excluding steroid dienone is 1. The van der Waals surface area contributed by atoms with Crippen molar-refractivity contribution < 1.29 is 28.9 Å². The molecule has 0 radical (unpaired) electrons. The van der Waals surface area contributed by atoms with Crippen molar-refractivity contribution in [2.75, 3.05) is 20.8 Å². The van der Waals surface area contributed by atoms with E-state index in [9.17, 15) is 14.4 Å². The Kier molecular flexibility index (Phi) is 8.27. The molecule has 2 heterocycles. The fourth-order valence-electron chi connectivity index (χ4n) is 4.32. The number of hydrogen-bond donors (Lipinski definition) is 1. The number of hydrogen-bond acceptors (Lipinski definition) is 8. The molecule has 204 valence electrons. The first-order valence-electron chi connectivity index (χ1n) is 12.0. The second-order valence-electron chi connectivity index (χ2n) is 9.11. The average Bonchev–Trinajstić information content (AvgIpc) is 3.20. The minimum Gasteiger partial charge on any atom is -0.493 e. The monoisotopic (exact) mass is 570 g/mol. The Bertz CT molecular complexity index is 1650. The molecular weight excluding hydrogens is 544 g/mol. The third-order valence-corrected chi connectivity index (χ3v) is 7.50. The molecule has 4 rings (SSSR count). The molecule has 11 heteroatoms. The summed E-state index contributed by atoms with van der Waals surface area (Å²) in [5.74, 6) is -1.09. The number of carbonyl (C=O) groups is 2. The largest absolute Gasteiger partial charge is 0.493 e. The van der Waals surface area contributed by atoms with Crippen molar-refractivity contribution in [3.8, 4) is 11.5 Å². The zero-order valence-corrected chi connectivity index (χ0v) is 23.6. The summed E-state index contributed by atoms with van der Waals surface area (Å²) in [4.78, 5) is 42.5. The van der Waals surface area contributed by atoms with Crippen LogP contribution in [0.2, 0.25) is 5.02 Å². The summed E-state index contributed by atoms with van der Waals surface area (Å²) in [5.41, 5.74) is 2.84. The first-order valence-corrected chi connectivity index (χ1v) is 13.2. The molecule has 1 N–H and O–H groups in total. The highest BCUT2D eigenvalue weighted by Gasteiger charge is 2.33. The van der Waals surface area contributed by atoms with Crippen molar-refractivity contribution in [2.45, 2.75) is 32.7 Å². The van der Waals surface area contributed by atoms with E-state index >= 15 is 0 Å². The quantitative estimate of drug-likeness (QED) is 0.411. The second kappa shape index (κ2) is 11.5. The first-order chi connectivity index (χ1) is 18.5. The molecule has 0 saturated heterocycles. The number of rotatable bonds is 8. The molecule has 0 saturated carbocycles. The highest BCUT2D eigenvalue weighted by molar-refractivity contribution is 7.07. The van der Waals surface area contributed by atoms with E-state index in [1.54, 1.807) is 25.1 Å². The van der Waals surface area contributed by atoms with Crippen molar-refractivity contribution in [3.05, 3.63) is 89.1 Å². The third kappa shape index (κ3) is 5.62. The summed E-state index contributed by atoms with van der Waals surface area (Å²) >= 11 is 7.53. The molecule has 3 aromatic rings. The lowest BCUT2D eigenvalue weighted by atomic mass is 9.93. The topological polar surface area (TPSA) is 116 Å². The van der Waals surface area contributed by atoms with Crippen LogP contribution in [0.15, 0.2) is 57.5 Å². The van der Waals surface area contributed by atoms with Crippen LogP contribution in [-0.2, 0) is 14.3 Å². The van der Waals surface area contributed by atoms with Crippen molar-refractivity contribution in [3.63, 3.8) is 0 Å². The summed E-state index contributed by atoms with van der Waals surface area (Å²) in [6, 6.07) is 10.2. The number of methoxy groups -OCH3 is 2. The van der Waals surface area contributed by atoms with Gasteiger partial charge < -0.3 is 19.3 Å². The van der Waals surface area contributed by atoms with Crippen LogP contribution in [0.1, 0.15) is 49.4 Å². The molecule has 1 atom stereocenters. The zero-order valence-electron chi connectivity index (χ0n) is 22.0. The number of carboxylic acid groups (broad SMARTS) is 1. The lowest BCUT2D eigenvalue weighted by Crippen LogP contribution is -2.39. The Morgan fingerprint density at radius 3 is 2.49 bits per heavy atom. The second-order valence-corrected chi connectivity index (χ2v) is 10.5. The zero-order chi connectivity index (χ0) is 28.4. The van der Waals surface area contributed by atoms with E-state index in [2.05, 4.69) is 18.8 Å². The number of aliphatic carboxylic acids is 1. The Balaban J connectivity index is 1.88. The molecular formula is C28H27ClN2O7S. The number of halogens is 1. The molecule has 0 unspecified atom stereocenters. The lowest BCUT2D eigenvalue weighted by molar-refractivity contribution is -0.139. The van der Waals surface area contributed by atoms with E-state index in [1.807, 2.05) is 24.3 Å². The van der Waals surface area contributed by atoms with Crippen LogP contribution in [0.5, 0.6) is 11.5 Å². The maximum atomic E-state index is 13.8. The van der Waals surface area contributed by atoms with E-state index in [-0.39, 0.29) is 22.1 Å². The van der Waals surface area contributed by atoms with Gasteiger partial charge in [0.1, 0.15) is 0 Å². The summed E-state index contributed by atoms with van der Waals surface area (Å²) < 4.78 is 17.5. The molecule has 2 aromatic carbocycles. The van der Waals surface area contributed by atoms with Gasteiger partial charge in [-0.15, -0.1) is 0 Å². The van der Waals surface area contributed by atoms with Crippen molar-refractivity contribution in [1.29, 1.82) is 0 Å². The summed E-state index contributed by atoms with van der Waals surface area (Å²) in [5, 5.41) is 9.05. The first kappa shape index (κ1) is 28.1. The van der Waals surface area contributed by atoms with Gasteiger partial charge in [0.2, 0.25) is 0 Å². The number of fused-ring (bicyclic) bond motifs is 1. The molecule has 1 aliphatic heterocycles. The van der Waals surface area contributed by atoms with Gasteiger partial charge in [-0.1, -0.05) is 61.1 Å². The van der Waals surface area contributed by atoms with Crippen LogP contribution in [-0.4, -0.2) is 42.4 Å². The van der Waals surface area contributed by atoms with E-state index < -0.39 is 24.6 Å². The van der Waals surface area contributed by atoms with E-state index in [0.29, 0.717) is 32.1 Å². The highest BCUT2D eigenvalue weighted by Crippen LogP contribution is 2.37. The SMILES string of the molecule is COC(=O)C1=C(C)N=c2s/c(=C\c3cc(Cl)c(OCC(=O)O)c(OC)c3)c(=O)n2[C@@H]1c1ccc(C(C)C)cc1. The molecule has 0 amide bonds. The van der Waals surface area contributed by atoms with Gasteiger partial charge in [-0.25, -0.2) is 14.6 Å². The van der Waals surface area contributed by atoms with Gasteiger partial charge in [-0.2, -0.15) is 0 Å². The molecule has 0 spiro atoms. The number of carboxylic acids is 1. The standard InChI is InChI=1S/C28H27ClN2O7S/c1-14(2)17-6-8-18(9-7-17)24-23(27(35)37-5)15(3)30-28-31(24)26(34)21(39-28)12-16-10-19(29)25(20(11-16)36-4)38-13-22(32)33/h6-12,14,24H,13H2,1-5H3,(H,32,33)/b21-12-/t24-/m1/s1. The number of benzene rings is 2. The highest BCUT2D eigenvalue weighted by atomic mass is 35.5. The summed E-state index contributed by atoms with van der Waals surface area (Å²) in [7, 11) is 2.70. The summed E-state index contributed by atoms with van der Waals surface area (Å²) in [6.45, 7) is 5.32. The Hall–Kier alpha value is -3.89. The fourth-order valence-corrected chi connectivity index (χ4v) is 5.64. The molecule has 1 aromatic heterocycles. The number of thiazole rings is 1. The third-order valence-electron chi connectivity index (χ3n) is 6.24.